The van der Waals surface area contributed by atoms with Crippen molar-refractivity contribution in [2.45, 2.75) is 19.3 Å². The number of amides is 1. The number of ether oxygens (including phenoxy) is 1. The molecule has 4 N–H and O–H groups in total. The average Bonchev–Trinajstić information content (AvgIpc) is 3.35. The SMILES string of the molecule is COc1c[nH]c(C(=O)Nc2n[nH]c(CCCc3c[nH]c4ccccc34)n2)cc1=O. The number of aryl methyl sites for hydroxylation is 2. The van der Waals surface area contributed by atoms with E-state index >= 15 is 0 Å². The number of pyridine rings is 1. The molecule has 0 aliphatic heterocycles. The highest BCUT2D eigenvalue weighted by molar-refractivity contribution is 6.01. The summed E-state index contributed by atoms with van der Waals surface area (Å²) in [5.74, 6) is 0.475. The molecule has 1 aromatic carbocycles. The van der Waals surface area contributed by atoms with Crippen LogP contribution in [0.4, 0.5) is 5.95 Å². The molecule has 4 aromatic rings. The number of methoxy groups -OCH3 is 1. The fourth-order valence-electron chi connectivity index (χ4n) is 3.17. The standard InChI is InChI=1S/C20H20N6O3/c1-29-17-11-22-15(9-16(17)27)19(28)24-20-23-18(25-26-20)8-4-5-12-10-21-14-7-3-2-6-13(12)14/h2-3,6-7,9-11,21H,4-5,8H2,1H3,(H,22,27)(H2,23,24,25,26,28). The van der Waals surface area contributed by atoms with Gasteiger partial charge in [-0.3, -0.25) is 20.0 Å². The van der Waals surface area contributed by atoms with Crippen LogP contribution in [0.25, 0.3) is 10.9 Å². The van der Waals surface area contributed by atoms with E-state index in [2.05, 4.69) is 42.6 Å². The van der Waals surface area contributed by atoms with Gasteiger partial charge in [-0.25, -0.2) is 0 Å². The molecule has 148 valence electrons. The third kappa shape index (κ3) is 4.03. The van der Waals surface area contributed by atoms with E-state index in [9.17, 15) is 9.59 Å². The van der Waals surface area contributed by atoms with Crippen LogP contribution in [0.3, 0.4) is 0 Å². The van der Waals surface area contributed by atoms with Gasteiger partial charge in [0.05, 0.1) is 7.11 Å². The molecule has 0 atom stereocenters. The lowest BCUT2D eigenvalue weighted by molar-refractivity contribution is 0.102. The zero-order valence-corrected chi connectivity index (χ0v) is 15.8. The fourth-order valence-corrected chi connectivity index (χ4v) is 3.17. The number of carbonyl (C=O) groups is 1. The number of para-hydroxylation sites is 1. The first-order chi connectivity index (χ1) is 14.1. The Morgan fingerprint density at radius 2 is 2.03 bits per heavy atom. The minimum atomic E-state index is -0.505. The van der Waals surface area contributed by atoms with Gasteiger partial charge >= 0.3 is 0 Å². The van der Waals surface area contributed by atoms with Crippen molar-refractivity contribution in [2.75, 3.05) is 12.4 Å². The summed E-state index contributed by atoms with van der Waals surface area (Å²) in [6, 6.07) is 9.37. The Balaban J connectivity index is 1.34. The van der Waals surface area contributed by atoms with Gasteiger partial charge in [-0.15, -0.1) is 5.10 Å². The molecule has 0 unspecified atom stereocenters. The number of fused-ring (bicyclic) bond motifs is 1. The van der Waals surface area contributed by atoms with Gasteiger partial charge < -0.3 is 14.7 Å². The zero-order valence-electron chi connectivity index (χ0n) is 15.8. The van der Waals surface area contributed by atoms with Crippen LogP contribution < -0.4 is 15.5 Å². The molecule has 0 aliphatic rings. The van der Waals surface area contributed by atoms with E-state index in [0.29, 0.717) is 12.2 Å². The second-order valence-corrected chi connectivity index (χ2v) is 6.55. The Morgan fingerprint density at radius 1 is 1.17 bits per heavy atom. The third-order valence-electron chi connectivity index (χ3n) is 4.63. The predicted octanol–water partition coefficient (Wildman–Crippen LogP) is 2.41. The van der Waals surface area contributed by atoms with E-state index < -0.39 is 5.91 Å². The number of benzene rings is 1. The van der Waals surface area contributed by atoms with Crippen LogP contribution in [0.2, 0.25) is 0 Å². The van der Waals surface area contributed by atoms with Gasteiger partial charge in [0.25, 0.3) is 5.91 Å². The van der Waals surface area contributed by atoms with Crippen LogP contribution in [0.1, 0.15) is 28.3 Å². The number of nitrogens with zero attached hydrogens (tertiary/aromatic N) is 2. The minimum absolute atomic E-state index is 0.0986. The van der Waals surface area contributed by atoms with E-state index in [1.54, 1.807) is 0 Å². The van der Waals surface area contributed by atoms with Crippen LogP contribution in [-0.2, 0) is 12.8 Å². The summed E-state index contributed by atoms with van der Waals surface area (Å²) in [7, 11) is 1.39. The van der Waals surface area contributed by atoms with Crippen molar-refractivity contribution in [1.82, 2.24) is 25.1 Å². The second kappa shape index (κ2) is 8.01. The molecular formula is C20H20N6O3. The Hall–Kier alpha value is -3.88. The molecule has 0 aliphatic carbocycles. The van der Waals surface area contributed by atoms with E-state index in [1.807, 2.05) is 18.3 Å². The van der Waals surface area contributed by atoms with Gasteiger partial charge in [0.1, 0.15) is 11.5 Å². The van der Waals surface area contributed by atoms with Crippen molar-refractivity contribution in [3.05, 3.63) is 70.0 Å². The summed E-state index contributed by atoms with van der Waals surface area (Å²) in [5.41, 5.74) is 2.10. The van der Waals surface area contributed by atoms with Gasteiger partial charge in [-0.05, 0) is 24.5 Å². The van der Waals surface area contributed by atoms with E-state index in [-0.39, 0.29) is 22.8 Å². The number of nitrogens with one attached hydrogen (secondary N) is 4. The number of anilines is 1. The molecule has 29 heavy (non-hydrogen) atoms. The summed E-state index contributed by atoms with van der Waals surface area (Å²) in [6.45, 7) is 0. The maximum atomic E-state index is 12.2. The highest BCUT2D eigenvalue weighted by atomic mass is 16.5. The van der Waals surface area contributed by atoms with Crippen LogP contribution >= 0.6 is 0 Å². The minimum Gasteiger partial charge on any atom is -0.491 e. The quantitative estimate of drug-likeness (QED) is 0.384. The molecule has 9 heteroatoms. The summed E-state index contributed by atoms with van der Waals surface area (Å²) in [6.07, 6.45) is 5.86. The average molecular weight is 392 g/mol. The molecule has 0 saturated heterocycles. The topological polar surface area (TPSA) is 129 Å². The molecule has 0 fully saturated rings. The molecular weight excluding hydrogens is 372 g/mol. The maximum Gasteiger partial charge on any atom is 0.274 e. The normalized spacial score (nSPS) is 10.9. The molecule has 4 rings (SSSR count). The van der Waals surface area contributed by atoms with Gasteiger partial charge in [-0.2, -0.15) is 4.98 Å². The first-order valence-electron chi connectivity index (χ1n) is 9.18. The van der Waals surface area contributed by atoms with Crippen molar-refractivity contribution < 1.29 is 9.53 Å². The second-order valence-electron chi connectivity index (χ2n) is 6.55. The highest BCUT2D eigenvalue weighted by Gasteiger charge is 2.12. The van der Waals surface area contributed by atoms with Crippen molar-refractivity contribution in [3.63, 3.8) is 0 Å². The molecule has 9 nitrogen and oxygen atoms in total. The van der Waals surface area contributed by atoms with Crippen LogP contribution in [0, 0.1) is 0 Å². The summed E-state index contributed by atoms with van der Waals surface area (Å²) in [4.78, 5) is 34.3. The summed E-state index contributed by atoms with van der Waals surface area (Å²) >= 11 is 0. The Kier molecular flexibility index (Phi) is 5.10. The molecule has 0 bridgehead atoms. The number of hydrogen-bond donors (Lipinski definition) is 4. The zero-order chi connectivity index (χ0) is 20.2. The number of carbonyl (C=O) groups excluding carboxylic acids is 1. The highest BCUT2D eigenvalue weighted by Crippen LogP contribution is 2.19. The number of aromatic nitrogens is 5. The van der Waals surface area contributed by atoms with Crippen LogP contribution in [-0.4, -0.2) is 38.2 Å². The molecule has 3 aromatic heterocycles. The Bertz CT molecular complexity index is 1210. The van der Waals surface area contributed by atoms with E-state index in [4.69, 9.17) is 4.74 Å². The van der Waals surface area contributed by atoms with Gasteiger partial charge in [0, 0.05) is 35.8 Å². The summed E-state index contributed by atoms with van der Waals surface area (Å²) in [5, 5.41) is 10.6. The van der Waals surface area contributed by atoms with Crippen molar-refractivity contribution in [2.24, 2.45) is 0 Å². The van der Waals surface area contributed by atoms with Gasteiger partial charge in [0.15, 0.2) is 5.75 Å². The maximum absolute atomic E-state index is 12.2. The lowest BCUT2D eigenvalue weighted by atomic mass is 10.1. The summed E-state index contributed by atoms with van der Waals surface area (Å²) < 4.78 is 4.88. The fraction of sp³-hybridized carbons (Fsp3) is 0.200. The molecule has 0 radical (unpaired) electrons. The molecule has 1 amide bonds. The first-order valence-corrected chi connectivity index (χ1v) is 9.18. The molecule has 0 saturated carbocycles. The van der Waals surface area contributed by atoms with Gasteiger partial charge in [-0.1, -0.05) is 18.2 Å². The lowest BCUT2D eigenvalue weighted by Crippen LogP contribution is -2.18. The van der Waals surface area contributed by atoms with Crippen LogP contribution in [0.5, 0.6) is 5.75 Å². The predicted molar refractivity (Wildman–Crippen MR) is 108 cm³/mol. The number of hydrogen-bond acceptors (Lipinski definition) is 5. The molecule has 3 heterocycles. The number of rotatable bonds is 7. The van der Waals surface area contributed by atoms with Crippen molar-refractivity contribution >= 4 is 22.8 Å². The van der Waals surface area contributed by atoms with E-state index in [0.717, 1.165) is 18.4 Å². The molecule has 0 spiro atoms. The Labute approximate surface area is 165 Å². The number of H-pyrrole nitrogens is 3. The first kappa shape index (κ1) is 18.5. The third-order valence-corrected chi connectivity index (χ3v) is 4.63. The number of aromatic amines is 3. The van der Waals surface area contributed by atoms with Crippen LogP contribution in [0.15, 0.2) is 47.5 Å². The smallest absolute Gasteiger partial charge is 0.274 e. The van der Waals surface area contributed by atoms with Crippen molar-refractivity contribution in [1.29, 1.82) is 0 Å². The van der Waals surface area contributed by atoms with E-state index in [1.165, 1.54) is 30.3 Å². The largest absolute Gasteiger partial charge is 0.491 e. The van der Waals surface area contributed by atoms with Crippen molar-refractivity contribution in [3.8, 4) is 5.75 Å². The van der Waals surface area contributed by atoms with Gasteiger partial charge in [0.2, 0.25) is 11.4 Å². The Morgan fingerprint density at radius 3 is 2.86 bits per heavy atom. The lowest BCUT2D eigenvalue weighted by Gasteiger charge is -2.02. The monoisotopic (exact) mass is 392 g/mol.